The van der Waals surface area contributed by atoms with Crippen molar-refractivity contribution >= 4 is 28.4 Å². The molecule has 1 fully saturated rings. The van der Waals surface area contributed by atoms with Gasteiger partial charge in [-0.05, 0) is 37.7 Å². The van der Waals surface area contributed by atoms with Crippen LogP contribution in [0.4, 0.5) is 5.00 Å². The van der Waals surface area contributed by atoms with Gasteiger partial charge in [0.2, 0.25) is 5.91 Å². The normalized spacial score (nSPS) is 22.6. The van der Waals surface area contributed by atoms with Gasteiger partial charge in [-0.15, -0.1) is 0 Å². The first-order valence-corrected chi connectivity index (χ1v) is 7.41. The van der Waals surface area contributed by atoms with E-state index in [1.807, 2.05) is 0 Å². The fraction of sp³-hybridized carbons (Fsp3) is 0.615. The van der Waals surface area contributed by atoms with Crippen molar-refractivity contribution in [2.24, 2.45) is 11.7 Å². The van der Waals surface area contributed by atoms with Crippen molar-refractivity contribution in [3.63, 3.8) is 0 Å². The maximum Gasteiger partial charge on any atom is 0.340 e. The third-order valence-corrected chi connectivity index (χ3v) is 4.77. The van der Waals surface area contributed by atoms with Gasteiger partial charge >= 0.3 is 5.97 Å². The molecule has 0 radical (unpaired) electrons. The molecule has 2 unspecified atom stereocenters. The van der Waals surface area contributed by atoms with E-state index in [4.69, 9.17) is 5.73 Å². The first-order chi connectivity index (χ1) is 9.41. The Kier molecular flexibility index (Phi) is 4.39. The molecule has 2 atom stereocenters. The number of hydrogen-bond donors (Lipinski definition) is 2. The Hall–Kier alpha value is -1.47. The van der Waals surface area contributed by atoms with Crippen LogP contribution in [0.3, 0.4) is 0 Å². The Bertz CT molecular complexity index is 529. The Morgan fingerprint density at radius 2 is 2.15 bits per heavy atom. The summed E-state index contributed by atoms with van der Waals surface area (Å²) in [6.45, 7) is 1.64. The minimum atomic E-state index is -1.05. The lowest BCUT2D eigenvalue weighted by Crippen LogP contribution is -2.39. The first kappa shape index (κ1) is 14.9. The smallest absolute Gasteiger partial charge is 0.340 e. The number of aromatic carboxylic acids is 1. The van der Waals surface area contributed by atoms with Gasteiger partial charge in [-0.2, -0.15) is 4.37 Å². The molecule has 0 saturated heterocycles. The second-order valence-corrected chi connectivity index (χ2v) is 6.03. The van der Waals surface area contributed by atoms with Crippen LogP contribution >= 0.6 is 11.5 Å². The number of carbonyl (C=O) groups excluding carboxylic acids is 1. The fourth-order valence-corrected chi connectivity index (χ4v) is 3.51. The number of aryl methyl sites for hydroxylation is 1. The number of aromatic nitrogens is 1. The van der Waals surface area contributed by atoms with Gasteiger partial charge in [0.05, 0.1) is 5.69 Å². The van der Waals surface area contributed by atoms with Crippen LogP contribution in [0.2, 0.25) is 0 Å². The highest BCUT2D eigenvalue weighted by Gasteiger charge is 2.31. The maximum atomic E-state index is 12.5. The lowest BCUT2D eigenvalue weighted by atomic mass is 9.85. The second-order valence-electron chi connectivity index (χ2n) is 5.27. The van der Waals surface area contributed by atoms with Gasteiger partial charge in [-0.25, -0.2) is 4.79 Å². The van der Waals surface area contributed by atoms with Crippen LogP contribution in [0, 0.1) is 12.8 Å². The molecule has 1 aliphatic carbocycles. The molecule has 7 heteroatoms. The zero-order chi connectivity index (χ0) is 14.9. The van der Waals surface area contributed by atoms with E-state index in [1.165, 1.54) is 4.90 Å². The number of carboxylic acids is 1. The summed E-state index contributed by atoms with van der Waals surface area (Å²) in [5.74, 6) is -1.23. The van der Waals surface area contributed by atoms with E-state index in [-0.39, 0.29) is 23.4 Å². The summed E-state index contributed by atoms with van der Waals surface area (Å²) in [5.41, 5.74) is 6.47. The van der Waals surface area contributed by atoms with E-state index in [0.717, 1.165) is 30.8 Å². The monoisotopic (exact) mass is 297 g/mol. The van der Waals surface area contributed by atoms with Crippen LogP contribution in [0.25, 0.3) is 0 Å². The molecule has 1 saturated carbocycles. The van der Waals surface area contributed by atoms with Crippen molar-refractivity contribution in [2.45, 2.75) is 38.6 Å². The highest BCUT2D eigenvalue weighted by molar-refractivity contribution is 7.11. The number of hydrogen-bond acceptors (Lipinski definition) is 5. The Morgan fingerprint density at radius 1 is 1.45 bits per heavy atom. The zero-order valence-corrected chi connectivity index (χ0v) is 12.4. The summed E-state index contributed by atoms with van der Waals surface area (Å²) < 4.78 is 4.04. The average molecular weight is 297 g/mol. The van der Waals surface area contributed by atoms with Crippen molar-refractivity contribution in [2.75, 3.05) is 11.9 Å². The third kappa shape index (κ3) is 2.83. The lowest BCUT2D eigenvalue weighted by Gasteiger charge is -2.28. The average Bonchev–Trinajstić information content (AvgIpc) is 2.79. The number of anilines is 1. The molecule has 110 valence electrons. The fourth-order valence-electron chi connectivity index (χ4n) is 2.66. The van der Waals surface area contributed by atoms with E-state index < -0.39 is 5.97 Å². The maximum absolute atomic E-state index is 12.5. The van der Waals surface area contributed by atoms with Crippen molar-refractivity contribution in [3.05, 3.63) is 11.3 Å². The number of carbonyl (C=O) groups is 2. The highest BCUT2D eigenvalue weighted by atomic mass is 32.1. The van der Waals surface area contributed by atoms with Crippen LogP contribution in [-0.2, 0) is 4.79 Å². The molecule has 6 nitrogen and oxygen atoms in total. The van der Waals surface area contributed by atoms with E-state index in [9.17, 15) is 14.7 Å². The molecular weight excluding hydrogens is 278 g/mol. The molecular formula is C13H19N3O3S. The van der Waals surface area contributed by atoms with Gasteiger partial charge in [0.25, 0.3) is 0 Å². The van der Waals surface area contributed by atoms with Gasteiger partial charge < -0.3 is 15.7 Å². The molecule has 1 amide bonds. The number of nitrogens with two attached hydrogens (primary N) is 1. The molecule has 0 bridgehead atoms. The minimum absolute atomic E-state index is 0.0632. The molecule has 1 aliphatic rings. The quantitative estimate of drug-likeness (QED) is 0.884. The minimum Gasteiger partial charge on any atom is -0.478 e. The van der Waals surface area contributed by atoms with Gasteiger partial charge in [0.1, 0.15) is 10.6 Å². The summed E-state index contributed by atoms with van der Waals surface area (Å²) in [4.78, 5) is 25.2. The molecule has 3 N–H and O–H groups in total. The Morgan fingerprint density at radius 3 is 2.75 bits per heavy atom. The van der Waals surface area contributed by atoms with E-state index in [0.29, 0.717) is 17.1 Å². The van der Waals surface area contributed by atoms with Crippen molar-refractivity contribution < 1.29 is 14.7 Å². The molecule has 0 aromatic carbocycles. The predicted molar refractivity (Wildman–Crippen MR) is 77.2 cm³/mol. The van der Waals surface area contributed by atoms with E-state index in [1.54, 1.807) is 14.0 Å². The van der Waals surface area contributed by atoms with Crippen LogP contribution in [0.5, 0.6) is 0 Å². The van der Waals surface area contributed by atoms with Crippen LogP contribution < -0.4 is 10.6 Å². The highest BCUT2D eigenvalue weighted by Crippen LogP contribution is 2.31. The number of nitrogens with zero attached hydrogens (tertiary/aromatic N) is 2. The van der Waals surface area contributed by atoms with E-state index in [2.05, 4.69) is 4.37 Å². The second kappa shape index (κ2) is 5.88. The number of rotatable bonds is 3. The predicted octanol–water partition coefficient (Wildman–Crippen LogP) is 1.63. The summed E-state index contributed by atoms with van der Waals surface area (Å²) in [6.07, 6.45) is 3.38. The molecule has 0 aliphatic heterocycles. The largest absolute Gasteiger partial charge is 0.478 e. The third-order valence-electron chi connectivity index (χ3n) is 3.76. The lowest BCUT2D eigenvalue weighted by molar-refractivity contribution is -0.123. The Balaban J connectivity index is 2.20. The standard InChI is InChI=1S/C13H19N3O3S/c1-7-10(13(18)19)12(20-15-7)16(2)11(17)8-4-3-5-9(14)6-8/h8-9H,3-6,14H2,1-2H3,(H,18,19). The topological polar surface area (TPSA) is 96.5 Å². The van der Waals surface area contributed by atoms with E-state index >= 15 is 0 Å². The summed E-state index contributed by atoms with van der Waals surface area (Å²) in [5, 5.41) is 9.63. The van der Waals surface area contributed by atoms with Gasteiger partial charge in [-0.1, -0.05) is 6.42 Å². The van der Waals surface area contributed by atoms with Crippen LogP contribution in [0.15, 0.2) is 0 Å². The van der Waals surface area contributed by atoms with Gasteiger partial charge in [-0.3, -0.25) is 4.79 Å². The van der Waals surface area contributed by atoms with Gasteiger partial charge in [0.15, 0.2) is 0 Å². The SMILES string of the molecule is Cc1nsc(N(C)C(=O)C2CCCC(N)C2)c1C(=O)O. The molecule has 1 aromatic heterocycles. The van der Waals surface area contributed by atoms with Crippen LogP contribution in [-0.4, -0.2) is 34.4 Å². The number of amides is 1. The van der Waals surface area contributed by atoms with Crippen LogP contribution in [0.1, 0.15) is 41.7 Å². The first-order valence-electron chi connectivity index (χ1n) is 6.64. The van der Waals surface area contributed by atoms with Crippen molar-refractivity contribution in [1.29, 1.82) is 0 Å². The Labute approximate surface area is 121 Å². The molecule has 2 rings (SSSR count). The molecule has 0 spiro atoms. The molecule has 1 aromatic rings. The zero-order valence-electron chi connectivity index (χ0n) is 11.6. The summed E-state index contributed by atoms with van der Waals surface area (Å²) >= 11 is 1.05. The number of carboxylic acid groups (broad SMARTS) is 1. The van der Waals surface area contributed by atoms with Gasteiger partial charge in [0, 0.05) is 19.0 Å². The van der Waals surface area contributed by atoms with Crippen molar-refractivity contribution in [3.8, 4) is 0 Å². The summed E-state index contributed by atoms with van der Waals surface area (Å²) in [7, 11) is 1.61. The molecule has 1 heterocycles. The van der Waals surface area contributed by atoms with Crippen molar-refractivity contribution in [1.82, 2.24) is 4.37 Å². The molecule has 20 heavy (non-hydrogen) atoms. The summed E-state index contributed by atoms with van der Waals surface area (Å²) in [6, 6.07) is 0.0632.